The fourth-order valence-corrected chi connectivity index (χ4v) is 5.27. The first-order chi connectivity index (χ1) is 13.7. The molecule has 0 unspecified atom stereocenters. The van der Waals surface area contributed by atoms with Crippen LogP contribution < -0.4 is 4.90 Å². The SMILES string of the molecule is OCCN1CCN(CCCN2Cc3ccccc3Sc3ccc(Cl)cc32)CC1. The van der Waals surface area contributed by atoms with Gasteiger partial charge in [0, 0.05) is 60.6 Å². The second-order valence-electron chi connectivity index (χ2n) is 7.50. The Morgan fingerprint density at radius 1 is 0.893 bits per heavy atom. The minimum absolute atomic E-state index is 0.260. The van der Waals surface area contributed by atoms with Crippen molar-refractivity contribution < 1.29 is 5.11 Å². The molecule has 6 heteroatoms. The number of β-amino-alcohol motifs (C(OH)–C–C–N with tert-alkyl or cyclic N) is 1. The van der Waals surface area contributed by atoms with Gasteiger partial charge < -0.3 is 14.9 Å². The summed E-state index contributed by atoms with van der Waals surface area (Å²) in [5.41, 5.74) is 2.64. The Kier molecular flexibility index (Phi) is 6.81. The van der Waals surface area contributed by atoms with Crippen LogP contribution in [0.3, 0.4) is 0 Å². The van der Waals surface area contributed by atoms with Gasteiger partial charge in [-0.15, -0.1) is 0 Å². The Labute approximate surface area is 177 Å². The summed E-state index contributed by atoms with van der Waals surface area (Å²) in [7, 11) is 0. The molecule has 1 N–H and O–H groups in total. The first-order valence-electron chi connectivity index (χ1n) is 10.1. The fourth-order valence-electron chi connectivity index (χ4n) is 4.03. The van der Waals surface area contributed by atoms with Crippen LogP contribution in [0.5, 0.6) is 0 Å². The average molecular weight is 418 g/mol. The summed E-state index contributed by atoms with van der Waals surface area (Å²) in [4.78, 5) is 10.0. The van der Waals surface area contributed by atoms with E-state index in [-0.39, 0.29) is 6.61 Å². The van der Waals surface area contributed by atoms with Gasteiger partial charge in [0.2, 0.25) is 0 Å². The van der Waals surface area contributed by atoms with Crippen molar-refractivity contribution in [2.75, 3.05) is 57.3 Å². The van der Waals surface area contributed by atoms with Crippen LogP contribution in [0.15, 0.2) is 52.3 Å². The van der Waals surface area contributed by atoms with Gasteiger partial charge in [0.15, 0.2) is 0 Å². The molecule has 4 rings (SSSR count). The molecule has 1 fully saturated rings. The third-order valence-electron chi connectivity index (χ3n) is 5.60. The van der Waals surface area contributed by atoms with E-state index in [1.54, 1.807) is 0 Å². The van der Waals surface area contributed by atoms with Crippen LogP contribution in [0.25, 0.3) is 0 Å². The summed E-state index contributed by atoms with van der Waals surface area (Å²) in [6.45, 7) is 8.46. The Bertz CT molecular complexity index is 795. The van der Waals surface area contributed by atoms with Crippen molar-refractivity contribution in [3.05, 3.63) is 53.1 Å². The molecule has 2 aliphatic heterocycles. The highest BCUT2D eigenvalue weighted by atomic mass is 35.5. The largest absolute Gasteiger partial charge is 0.395 e. The molecule has 28 heavy (non-hydrogen) atoms. The Morgan fingerprint density at radius 2 is 1.64 bits per heavy atom. The second-order valence-corrected chi connectivity index (χ2v) is 9.02. The van der Waals surface area contributed by atoms with E-state index in [4.69, 9.17) is 16.7 Å². The highest BCUT2D eigenvalue weighted by Crippen LogP contribution is 2.42. The van der Waals surface area contributed by atoms with Gasteiger partial charge in [-0.2, -0.15) is 0 Å². The summed E-state index contributed by atoms with van der Waals surface area (Å²) < 4.78 is 0. The molecule has 2 heterocycles. The molecule has 2 aromatic rings. The number of anilines is 1. The van der Waals surface area contributed by atoms with Crippen molar-refractivity contribution in [2.45, 2.75) is 22.8 Å². The number of nitrogens with zero attached hydrogens (tertiary/aromatic N) is 3. The van der Waals surface area contributed by atoms with Crippen LogP contribution in [0.4, 0.5) is 5.69 Å². The molecule has 4 nitrogen and oxygen atoms in total. The van der Waals surface area contributed by atoms with Crippen LogP contribution in [0.2, 0.25) is 5.02 Å². The Balaban J connectivity index is 1.40. The third-order valence-corrected chi connectivity index (χ3v) is 7.02. The number of hydrogen-bond donors (Lipinski definition) is 1. The number of aliphatic hydroxyl groups excluding tert-OH is 1. The maximum Gasteiger partial charge on any atom is 0.0558 e. The fraction of sp³-hybridized carbons (Fsp3) is 0.455. The Hall–Kier alpha value is -1.24. The van der Waals surface area contributed by atoms with Gasteiger partial charge >= 0.3 is 0 Å². The number of aliphatic hydroxyl groups is 1. The number of halogens is 1. The number of piperazine rings is 1. The zero-order valence-corrected chi connectivity index (χ0v) is 17.8. The van der Waals surface area contributed by atoms with E-state index in [0.29, 0.717) is 0 Å². The van der Waals surface area contributed by atoms with E-state index in [1.165, 1.54) is 21.0 Å². The molecule has 0 spiro atoms. The molecule has 0 saturated carbocycles. The first kappa shape index (κ1) is 20.0. The second kappa shape index (κ2) is 9.51. The van der Waals surface area contributed by atoms with Crippen LogP contribution in [0.1, 0.15) is 12.0 Å². The summed E-state index contributed by atoms with van der Waals surface area (Å²) in [5.74, 6) is 0. The van der Waals surface area contributed by atoms with Crippen molar-refractivity contribution in [3.8, 4) is 0 Å². The molecule has 2 aromatic carbocycles. The zero-order valence-electron chi connectivity index (χ0n) is 16.2. The normalized spacial score (nSPS) is 17.9. The van der Waals surface area contributed by atoms with E-state index >= 15 is 0 Å². The third kappa shape index (κ3) is 4.84. The van der Waals surface area contributed by atoms with Crippen LogP contribution >= 0.6 is 23.4 Å². The standard InChI is InChI=1S/C22H28ClN3OS/c23-19-6-7-22-20(16-19)26(17-18-4-1-2-5-21(18)28-22)9-3-8-24-10-12-25(13-11-24)14-15-27/h1-2,4-7,16,27H,3,8-15,17H2. The molecule has 0 bridgehead atoms. The van der Waals surface area contributed by atoms with Gasteiger partial charge in [0.25, 0.3) is 0 Å². The Morgan fingerprint density at radius 3 is 2.43 bits per heavy atom. The number of benzene rings is 2. The number of fused-ring (bicyclic) bond motifs is 2. The number of hydrogen-bond acceptors (Lipinski definition) is 5. The highest BCUT2D eigenvalue weighted by molar-refractivity contribution is 7.99. The quantitative estimate of drug-likeness (QED) is 0.772. The van der Waals surface area contributed by atoms with E-state index in [1.807, 2.05) is 17.8 Å². The molecule has 0 aromatic heterocycles. The van der Waals surface area contributed by atoms with E-state index < -0.39 is 0 Å². The van der Waals surface area contributed by atoms with Crippen LogP contribution in [-0.2, 0) is 6.54 Å². The van der Waals surface area contributed by atoms with Gasteiger partial charge in [0.1, 0.15) is 0 Å². The molecule has 0 atom stereocenters. The lowest BCUT2D eigenvalue weighted by Gasteiger charge is -2.35. The molecular weight excluding hydrogens is 390 g/mol. The maximum atomic E-state index is 9.09. The minimum atomic E-state index is 0.260. The van der Waals surface area contributed by atoms with Gasteiger partial charge in [-0.3, -0.25) is 4.90 Å². The van der Waals surface area contributed by atoms with Gasteiger partial charge in [-0.25, -0.2) is 0 Å². The molecule has 0 radical (unpaired) electrons. The average Bonchev–Trinajstić information content (AvgIpc) is 2.86. The van der Waals surface area contributed by atoms with Gasteiger partial charge in [-0.05, 0) is 42.8 Å². The van der Waals surface area contributed by atoms with E-state index in [0.717, 1.165) is 63.8 Å². The summed E-state index contributed by atoms with van der Waals surface area (Å²) in [6.07, 6.45) is 1.14. The molecule has 2 aliphatic rings. The zero-order chi connectivity index (χ0) is 19.3. The van der Waals surface area contributed by atoms with Gasteiger partial charge in [-0.1, -0.05) is 41.6 Å². The van der Waals surface area contributed by atoms with Crippen molar-refractivity contribution in [1.82, 2.24) is 9.80 Å². The smallest absolute Gasteiger partial charge is 0.0558 e. The minimum Gasteiger partial charge on any atom is -0.395 e. The predicted octanol–water partition coefficient (Wildman–Crippen LogP) is 3.81. The summed E-state index contributed by atoms with van der Waals surface area (Å²) >= 11 is 8.18. The van der Waals surface area contributed by atoms with Crippen molar-refractivity contribution in [3.63, 3.8) is 0 Å². The summed E-state index contributed by atoms with van der Waals surface area (Å²) in [6, 6.07) is 15.0. The van der Waals surface area contributed by atoms with Crippen LogP contribution in [-0.4, -0.2) is 67.3 Å². The van der Waals surface area contributed by atoms with Crippen molar-refractivity contribution in [2.24, 2.45) is 0 Å². The van der Waals surface area contributed by atoms with E-state index in [9.17, 15) is 0 Å². The monoisotopic (exact) mass is 417 g/mol. The number of rotatable bonds is 6. The van der Waals surface area contributed by atoms with Crippen molar-refractivity contribution in [1.29, 1.82) is 0 Å². The summed E-state index contributed by atoms with van der Waals surface area (Å²) in [5, 5.41) is 9.89. The molecule has 0 amide bonds. The lowest BCUT2D eigenvalue weighted by Crippen LogP contribution is -2.47. The lowest BCUT2D eigenvalue weighted by atomic mass is 10.2. The maximum absolute atomic E-state index is 9.09. The first-order valence-corrected chi connectivity index (χ1v) is 11.3. The molecule has 150 valence electrons. The van der Waals surface area contributed by atoms with Gasteiger partial charge in [0.05, 0.1) is 12.3 Å². The van der Waals surface area contributed by atoms with E-state index in [2.05, 4.69) is 51.1 Å². The molecular formula is C22H28ClN3OS. The molecule has 1 saturated heterocycles. The topological polar surface area (TPSA) is 30.0 Å². The lowest BCUT2D eigenvalue weighted by molar-refractivity contribution is 0.112. The predicted molar refractivity (Wildman–Crippen MR) is 118 cm³/mol. The highest BCUT2D eigenvalue weighted by Gasteiger charge is 2.21. The molecule has 0 aliphatic carbocycles. The van der Waals surface area contributed by atoms with Crippen LogP contribution in [0, 0.1) is 0 Å². The van der Waals surface area contributed by atoms with Crippen molar-refractivity contribution >= 4 is 29.1 Å².